The molecule has 10 amide bonds. The second-order valence-corrected chi connectivity index (χ2v) is 27.5. The number of ether oxygens (including phenoxy) is 1. The van der Waals surface area contributed by atoms with Crippen LogP contribution < -0.4 is 53.0 Å². The SMILES string of the molecule is CC[C@H](C)[C@@H]1NC(=O)[C@H](Cc2ccc(O)cc2)NC(=O)[C@H](CC(C)C)NC(=O)[C@@H]2CCCN2C(=O)[C@@H]2CSCc3cc(cc(c3)OCCCCCCO/N=C/C(=O)N[C@@H](CCSC)C(=O)N2)CSC[C@@H](C(N)=O)NC(=O)[C@H](Cc2cnc[nH]2)NC(=O)C(C(C)C)NC1=O. The van der Waals surface area contributed by atoms with Crippen LogP contribution >= 0.6 is 35.3 Å². The number of benzene rings is 2. The first kappa shape index (κ1) is 74.5. The molecule has 4 bridgehead atoms. The molecule has 29 heteroatoms. The highest BCUT2D eigenvalue weighted by Crippen LogP contribution is 2.27. The summed E-state index contributed by atoms with van der Waals surface area (Å²) in [6.45, 7) is 11.4. The van der Waals surface area contributed by atoms with E-state index in [1.807, 2.05) is 45.2 Å². The van der Waals surface area contributed by atoms with Crippen molar-refractivity contribution in [2.45, 2.75) is 178 Å². The van der Waals surface area contributed by atoms with E-state index in [-0.39, 0.29) is 68.4 Å². The van der Waals surface area contributed by atoms with E-state index in [0.29, 0.717) is 66.6 Å². The fraction of sp³-hybridized carbons (Fsp3) is 0.594. The van der Waals surface area contributed by atoms with E-state index in [1.165, 1.54) is 64.8 Å². The number of imidazole rings is 1. The summed E-state index contributed by atoms with van der Waals surface area (Å²) in [5.74, 6) is -6.82. The molecule has 510 valence electrons. The van der Waals surface area contributed by atoms with Crippen LogP contribution in [0, 0.1) is 17.8 Å². The molecule has 2 aromatic carbocycles. The minimum absolute atomic E-state index is 0.00538. The number of oxime groups is 1. The number of hydrogen-bond acceptors (Lipinski definition) is 18. The summed E-state index contributed by atoms with van der Waals surface area (Å²) in [5, 5.41) is 36.5. The molecule has 4 heterocycles. The molecule has 1 aromatic heterocycles. The summed E-state index contributed by atoms with van der Waals surface area (Å²) in [5.41, 5.74) is 8.53. The number of nitrogens with two attached hydrogens (primary N) is 1. The number of aromatic nitrogens is 2. The number of phenols is 1. The number of thioether (sulfide) groups is 3. The van der Waals surface area contributed by atoms with Crippen LogP contribution in [0.15, 0.2) is 60.1 Å². The molecule has 0 saturated carbocycles. The zero-order chi connectivity index (χ0) is 67.6. The summed E-state index contributed by atoms with van der Waals surface area (Å²) >= 11 is 4.11. The highest BCUT2D eigenvalue weighted by Gasteiger charge is 2.41. The fourth-order valence-electron chi connectivity index (χ4n) is 10.8. The van der Waals surface area contributed by atoms with Gasteiger partial charge < -0.3 is 72.8 Å². The molecule has 1 saturated heterocycles. The molecule has 0 aliphatic carbocycles. The average Bonchev–Trinajstić information content (AvgIpc) is 1.81. The summed E-state index contributed by atoms with van der Waals surface area (Å²) in [4.78, 5) is 158. The predicted molar refractivity (Wildman–Crippen MR) is 357 cm³/mol. The third kappa shape index (κ3) is 24.1. The number of nitrogens with one attached hydrogen (secondary N) is 9. The molecule has 3 aliphatic heterocycles. The van der Waals surface area contributed by atoms with E-state index in [0.717, 1.165) is 30.2 Å². The Morgan fingerprint density at radius 2 is 1.33 bits per heavy atom. The van der Waals surface area contributed by atoms with Crippen LogP contribution in [0.5, 0.6) is 11.5 Å². The molecular weight excluding hydrogens is 1250 g/mol. The van der Waals surface area contributed by atoms with Crippen molar-refractivity contribution in [3.63, 3.8) is 0 Å². The molecule has 12 N–H and O–H groups in total. The minimum Gasteiger partial charge on any atom is -0.508 e. The first-order valence-corrected chi connectivity index (χ1v) is 35.6. The molecule has 0 radical (unpaired) electrons. The number of aromatic amines is 1. The largest absolute Gasteiger partial charge is 0.508 e. The average molecular weight is 1350 g/mol. The van der Waals surface area contributed by atoms with E-state index in [1.54, 1.807) is 32.9 Å². The van der Waals surface area contributed by atoms with Gasteiger partial charge in [-0.1, -0.05) is 71.3 Å². The minimum atomic E-state index is -1.38. The Hall–Kier alpha value is -7.53. The van der Waals surface area contributed by atoms with Gasteiger partial charge in [0.05, 0.1) is 12.9 Å². The first-order valence-electron chi connectivity index (χ1n) is 31.9. The molecule has 1 fully saturated rings. The number of phenolic OH excluding ortho intramolecular Hbond substituents is 1. The molecule has 3 aromatic rings. The Labute approximate surface area is 556 Å². The Balaban J connectivity index is 1.42. The standard InChI is InChI=1S/C64H93N13O13S3/c1-8-39(6)55-63(87)75-54(38(4)5)62(86)72-49(29-43-30-66-36-67-43)59(83)73-50(56(65)80)34-92-32-41-25-42-27-45(26-41)89-21-11-9-10-12-22-90-68-31-53(79)69-46(19-23-91-7)57(81)74-51(35-93-33-42)64(88)77-20-13-14-52(77)61(85)71-47(24-37(2)3)58(82)70-48(60(84)76-55)28-40-15-17-44(78)18-16-40/h15-18,25-27,30-31,36-39,46-52,54-55,78H,8-14,19-24,28-29,32-35H2,1-7H3,(H2,65,80)(H,66,67)(H,69,79)(H,70,82)(H,71,85)(H,72,86)(H,73,83)(H,74,81)(H,75,87)(H,76,84)/b68-31+/t39-,46-,47-,48-,49-,50-,51-,52-,54?,55-/m0/s1. The Morgan fingerprint density at radius 1 is 0.710 bits per heavy atom. The van der Waals surface area contributed by atoms with Crippen LogP contribution in [0.4, 0.5) is 0 Å². The number of nitrogens with zero attached hydrogens (tertiary/aromatic N) is 3. The summed E-state index contributed by atoms with van der Waals surface area (Å²) in [6, 6.07) is 0.538. The Morgan fingerprint density at radius 3 is 1.99 bits per heavy atom. The van der Waals surface area contributed by atoms with Gasteiger partial charge in [-0.3, -0.25) is 47.9 Å². The van der Waals surface area contributed by atoms with Gasteiger partial charge in [0.25, 0.3) is 5.91 Å². The maximum Gasteiger partial charge on any atom is 0.266 e. The van der Waals surface area contributed by atoms with Crippen LogP contribution in [0.2, 0.25) is 0 Å². The number of rotatable bonds is 13. The molecule has 26 nitrogen and oxygen atoms in total. The van der Waals surface area contributed by atoms with Gasteiger partial charge in [0.2, 0.25) is 53.2 Å². The number of aromatic hydroxyl groups is 1. The van der Waals surface area contributed by atoms with Gasteiger partial charge >= 0.3 is 0 Å². The molecular formula is C64H93N13O13S3. The van der Waals surface area contributed by atoms with Crippen LogP contribution in [0.25, 0.3) is 0 Å². The van der Waals surface area contributed by atoms with Crippen molar-refractivity contribution in [1.29, 1.82) is 0 Å². The number of fused-ring (bicyclic) bond motifs is 6. The van der Waals surface area contributed by atoms with Crippen molar-refractivity contribution in [3.05, 3.63) is 77.4 Å². The monoisotopic (exact) mass is 1350 g/mol. The third-order valence-electron chi connectivity index (χ3n) is 16.1. The zero-order valence-corrected chi connectivity index (χ0v) is 56.6. The van der Waals surface area contributed by atoms with E-state index in [9.17, 15) is 48.3 Å². The molecule has 0 spiro atoms. The maximum atomic E-state index is 15.2. The van der Waals surface area contributed by atoms with Crippen molar-refractivity contribution in [2.75, 3.05) is 43.3 Å². The zero-order valence-electron chi connectivity index (χ0n) is 54.1. The second kappa shape index (κ2) is 38.0. The van der Waals surface area contributed by atoms with E-state index in [4.69, 9.17) is 15.3 Å². The van der Waals surface area contributed by atoms with E-state index in [2.05, 4.69) is 57.7 Å². The lowest BCUT2D eigenvalue weighted by Gasteiger charge is -2.31. The van der Waals surface area contributed by atoms with Crippen molar-refractivity contribution >= 4 is 101 Å². The van der Waals surface area contributed by atoms with Gasteiger partial charge in [0.1, 0.15) is 78.7 Å². The quantitative estimate of drug-likeness (QED) is 0.117. The van der Waals surface area contributed by atoms with Gasteiger partial charge in [0.15, 0.2) is 0 Å². The second-order valence-electron chi connectivity index (χ2n) is 24.5. The summed E-state index contributed by atoms with van der Waals surface area (Å²) in [7, 11) is 0. The Kier molecular flexibility index (Phi) is 30.4. The summed E-state index contributed by atoms with van der Waals surface area (Å²) < 4.78 is 6.33. The number of hydrogen-bond donors (Lipinski definition) is 11. The molecule has 10 atom stereocenters. The van der Waals surface area contributed by atoms with Gasteiger partial charge in [-0.25, -0.2) is 4.98 Å². The smallest absolute Gasteiger partial charge is 0.266 e. The lowest BCUT2D eigenvalue weighted by atomic mass is 9.95. The fourth-order valence-corrected chi connectivity index (χ4v) is 13.2. The van der Waals surface area contributed by atoms with Crippen LogP contribution in [0.3, 0.4) is 0 Å². The van der Waals surface area contributed by atoms with Crippen molar-refractivity contribution < 1.29 is 62.6 Å². The molecule has 1 unspecified atom stereocenters. The number of amides is 10. The van der Waals surface area contributed by atoms with Crippen molar-refractivity contribution in [1.82, 2.24) is 57.4 Å². The topological polar surface area (TPSA) is 376 Å². The summed E-state index contributed by atoms with van der Waals surface area (Å²) in [6.07, 6.45) is 9.73. The van der Waals surface area contributed by atoms with E-state index < -0.39 is 125 Å². The Bertz CT molecular complexity index is 3030. The highest BCUT2D eigenvalue weighted by molar-refractivity contribution is 7.99. The molecule has 6 rings (SSSR count). The first-order chi connectivity index (χ1) is 44.5. The number of H-pyrrole nitrogens is 1. The third-order valence-corrected chi connectivity index (χ3v) is 19.0. The van der Waals surface area contributed by atoms with Crippen LogP contribution in [-0.2, 0) is 77.1 Å². The maximum absolute atomic E-state index is 15.2. The van der Waals surface area contributed by atoms with Crippen molar-refractivity contribution in [2.24, 2.45) is 28.6 Å². The number of carbonyl (C=O) groups is 10. The number of carbonyl (C=O) groups excluding carboxylic acids is 10. The van der Waals surface area contributed by atoms with Gasteiger partial charge in [-0.15, -0.1) is 0 Å². The highest BCUT2D eigenvalue weighted by atomic mass is 32.2. The lowest BCUT2D eigenvalue weighted by molar-refractivity contribution is -0.142. The normalized spacial score (nSPS) is 25.5. The predicted octanol–water partition coefficient (Wildman–Crippen LogP) is 2.89. The van der Waals surface area contributed by atoms with Crippen molar-refractivity contribution in [3.8, 4) is 11.5 Å². The van der Waals surface area contributed by atoms with Gasteiger partial charge in [0, 0.05) is 54.3 Å². The van der Waals surface area contributed by atoms with Crippen LogP contribution in [0.1, 0.15) is 122 Å². The number of primary amides is 1. The van der Waals surface area contributed by atoms with Gasteiger partial charge in [-0.05, 0) is 122 Å². The molecule has 93 heavy (non-hydrogen) atoms. The lowest BCUT2D eigenvalue weighted by Crippen LogP contribution is -2.62. The van der Waals surface area contributed by atoms with E-state index >= 15 is 4.79 Å². The van der Waals surface area contributed by atoms with Gasteiger partial charge in [-0.2, -0.15) is 35.3 Å². The van der Waals surface area contributed by atoms with Crippen LogP contribution in [-0.4, -0.2) is 183 Å². The molecule has 3 aliphatic rings.